The molecule has 2 rings (SSSR count). The highest BCUT2D eigenvalue weighted by Crippen LogP contribution is 2.14. The van der Waals surface area contributed by atoms with E-state index in [-0.39, 0.29) is 0 Å². The van der Waals surface area contributed by atoms with E-state index in [2.05, 4.69) is 31.2 Å². The van der Waals surface area contributed by atoms with Crippen molar-refractivity contribution in [3.05, 3.63) is 46.8 Å². The van der Waals surface area contributed by atoms with Crippen LogP contribution in [0.5, 0.6) is 5.75 Å². The molecule has 4 nitrogen and oxygen atoms in total. The van der Waals surface area contributed by atoms with E-state index >= 15 is 0 Å². The Labute approximate surface area is 108 Å². The summed E-state index contributed by atoms with van der Waals surface area (Å²) in [5, 5.41) is 3.22. The van der Waals surface area contributed by atoms with Crippen LogP contribution in [0.15, 0.2) is 41.3 Å². The van der Waals surface area contributed by atoms with Crippen molar-refractivity contribution >= 4 is 21.7 Å². The van der Waals surface area contributed by atoms with Crippen LogP contribution in [0.3, 0.4) is 0 Å². The van der Waals surface area contributed by atoms with Crippen LogP contribution < -0.4 is 10.1 Å². The van der Waals surface area contributed by atoms with Gasteiger partial charge >= 0.3 is 0 Å². The summed E-state index contributed by atoms with van der Waals surface area (Å²) >= 11 is 3.30. The number of halogens is 1. The van der Waals surface area contributed by atoms with Crippen molar-refractivity contribution in [3.63, 3.8) is 0 Å². The first-order valence-corrected chi connectivity index (χ1v) is 5.91. The molecule has 0 aliphatic carbocycles. The van der Waals surface area contributed by atoms with Crippen LogP contribution in [-0.2, 0) is 6.54 Å². The topological polar surface area (TPSA) is 47.0 Å². The molecule has 5 heteroatoms. The molecule has 1 N–H and O–H groups in total. The van der Waals surface area contributed by atoms with Gasteiger partial charge in [-0.05, 0) is 33.6 Å². The number of aromatic nitrogens is 2. The average molecular weight is 294 g/mol. The Morgan fingerprint density at radius 2 is 2.18 bits per heavy atom. The quantitative estimate of drug-likeness (QED) is 0.881. The molecule has 1 heterocycles. The molecule has 88 valence electrons. The molecule has 0 radical (unpaired) electrons. The second-order valence-corrected chi connectivity index (χ2v) is 4.24. The van der Waals surface area contributed by atoms with Gasteiger partial charge in [0.15, 0.2) is 0 Å². The molecular weight excluding hydrogens is 282 g/mol. The van der Waals surface area contributed by atoms with E-state index in [1.165, 1.54) is 6.33 Å². The van der Waals surface area contributed by atoms with Gasteiger partial charge in [-0.15, -0.1) is 0 Å². The van der Waals surface area contributed by atoms with Crippen molar-refractivity contribution in [3.8, 4) is 5.75 Å². The van der Waals surface area contributed by atoms with Crippen molar-refractivity contribution in [1.29, 1.82) is 0 Å². The van der Waals surface area contributed by atoms with Crippen LogP contribution >= 0.6 is 15.9 Å². The smallest absolute Gasteiger partial charge is 0.130 e. The maximum absolute atomic E-state index is 5.17. The fourth-order valence-corrected chi connectivity index (χ4v) is 1.71. The first-order chi connectivity index (χ1) is 8.28. The Hall–Kier alpha value is -1.62. The summed E-state index contributed by atoms with van der Waals surface area (Å²) in [7, 11) is 1.66. The minimum Gasteiger partial charge on any atom is -0.497 e. The summed E-state index contributed by atoms with van der Waals surface area (Å²) < 4.78 is 5.93. The third-order valence-electron chi connectivity index (χ3n) is 2.24. The molecule has 0 bridgehead atoms. The number of anilines is 1. The third kappa shape index (κ3) is 3.42. The van der Waals surface area contributed by atoms with Gasteiger partial charge in [0.1, 0.15) is 22.5 Å². The predicted octanol–water partition coefficient (Wildman–Crippen LogP) is 2.86. The number of methoxy groups -OCH3 is 1. The van der Waals surface area contributed by atoms with E-state index in [4.69, 9.17) is 4.74 Å². The molecule has 1 aromatic heterocycles. The number of nitrogens with one attached hydrogen (secondary N) is 1. The van der Waals surface area contributed by atoms with Crippen LogP contribution in [0.25, 0.3) is 0 Å². The van der Waals surface area contributed by atoms with Crippen LogP contribution in [-0.4, -0.2) is 17.1 Å². The van der Waals surface area contributed by atoms with Gasteiger partial charge in [0, 0.05) is 12.6 Å². The molecule has 17 heavy (non-hydrogen) atoms. The zero-order chi connectivity index (χ0) is 12.1. The minimum atomic E-state index is 0.695. The van der Waals surface area contributed by atoms with Gasteiger partial charge in [-0.2, -0.15) is 0 Å². The normalized spacial score (nSPS) is 10.0. The summed E-state index contributed by atoms with van der Waals surface area (Å²) in [5.41, 5.74) is 1.14. The molecule has 0 fully saturated rings. The van der Waals surface area contributed by atoms with E-state index in [1.54, 1.807) is 7.11 Å². The minimum absolute atomic E-state index is 0.695. The molecule has 0 saturated heterocycles. The van der Waals surface area contributed by atoms with Crippen LogP contribution in [0.1, 0.15) is 5.56 Å². The highest BCUT2D eigenvalue weighted by atomic mass is 79.9. The molecular formula is C12H12BrN3O. The summed E-state index contributed by atoms with van der Waals surface area (Å²) in [6.07, 6.45) is 1.51. The van der Waals surface area contributed by atoms with E-state index in [0.29, 0.717) is 6.54 Å². The lowest BCUT2D eigenvalue weighted by Crippen LogP contribution is -2.01. The number of ether oxygens (including phenoxy) is 1. The number of hydrogen-bond donors (Lipinski definition) is 1. The molecule has 0 spiro atoms. The Bertz CT molecular complexity index is 505. The number of nitrogens with zero attached hydrogens (tertiary/aromatic N) is 2. The van der Waals surface area contributed by atoms with E-state index < -0.39 is 0 Å². The average Bonchev–Trinajstić information content (AvgIpc) is 2.37. The lowest BCUT2D eigenvalue weighted by Gasteiger charge is -2.07. The van der Waals surface area contributed by atoms with Gasteiger partial charge in [-0.3, -0.25) is 0 Å². The zero-order valence-electron chi connectivity index (χ0n) is 9.35. The van der Waals surface area contributed by atoms with Crippen molar-refractivity contribution in [2.75, 3.05) is 12.4 Å². The van der Waals surface area contributed by atoms with Gasteiger partial charge in [-0.1, -0.05) is 12.1 Å². The zero-order valence-corrected chi connectivity index (χ0v) is 10.9. The third-order valence-corrected chi connectivity index (χ3v) is 2.68. The SMILES string of the molecule is COc1cccc(CNc2cc(Br)ncn2)c1. The van der Waals surface area contributed by atoms with Gasteiger partial charge in [-0.25, -0.2) is 9.97 Å². The molecule has 2 aromatic rings. The Kier molecular flexibility index (Phi) is 3.93. The fourth-order valence-electron chi connectivity index (χ4n) is 1.41. The number of rotatable bonds is 4. The summed E-state index contributed by atoms with van der Waals surface area (Å²) in [6.45, 7) is 0.695. The van der Waals surface area contributed by atoms with Crippen LogP contribution in [0.2, 0.25) is 0 Å². The Balaban J connectivity index is 2.02. The van der Waals surface area contributed by atoms with Gasteiger partial charge < -0.3 is 10.1 Å². The highest BCUT2D eigenvalue weighted by molar-refractivity contribution is 9.10. The van der Waals surface area contributed by atoms with Crippen molar-refractivity contribution < 1.29 is 4.74 Å². The molecule has 0 unspecified atom stereocenters. The molecule has 1 aromatic carbocycles. The van der Waals surface area contributed by atoms with Crippen molar-refractivity contribution in [2.24, 2.45) is 0 Å². The number of benzene rings is 1. The molecule has 0 aliphatic heterocycles. The van der Waals surface area contributed by atoms with Crippen LogP contribution in [0.4, 0.5) is 5.82 Å². The standard InChI is InChI=1S/C12H12BrN3O/c1-17-10-4-2-3-9(5-10)7-14-12-6-11(13)15-8-16-12/h2-6,8H,7H2,1H3,(H,14,15,16). The second kappa shape index (κ2) is 5.63. The first kappa shape index (κ1) is 11.9. The fraction of sp³-hybridized carbons (Fsp3) is 0.167. The van der Waals surface area contributed by atoms with E-state index in [0.717, 1.165) is 21.7 Å². The lowest BCUT2D eigenvalue weighted by molar-refractivity contribution is 0.414. The summed E-state index contributed by atoms with van der Waals surface area (Å²) in [5.74, 6) is 1.64. The predicted molar refractivity (Wildman–Crippen MR) is 70.1 cm³/mol. The highest BCUT2D eigenvalue weighted by Gasteiger charge is 1.98. The largest absolute Gasteiger partial charge is 0.497 e. The monoisotopic (exact) mass is 293 g/mol. The number of hydrogen-bond acceptors (Lipinski definition) is 4. The van der Waals surface area contributed by atoms with Crippen LogP contribution in [0, 0.1) is 0 Å². The van der Waals surface area contributed by atoms with Gasteiger partial charge in [0.2, 0.25) is 0 Å². The van der Waals surface area contributed by atoms with E-state index in [9.17, 15) is 0 Å². The van der Waals surface area contributed by atoms with Crippen molar-refractivity contribution in [1.82, 2.24) is 9.97 Å². The maximum Gasteiger partial charge on any atom is 0.130 e. The van der Waals surface area contributed by atoms with Gasteiger partial charge in [0.05, 0.1) is 7.11 Å². The maximum atomic E-state index is 5.17. The van der Waals surface area contributed by atoms with E-state index in [1.807, 2.05) is 30.3 Å². The molecule has 0 aliphatic rings. The first-order valence-electron chi connectivity index (χ1n) is 5.12. The summed E-state index contributed by atoms with van der Waals surface area (Å²) in [4.78, 5) is 8.08. The molecule has 0 amide bonds. The van der Waals surface area contributed by atoms with Crippen molar-refractivity contribution in [2.45, 2.75) is 6.54 Å². The molecule has 0 atom stereocenters. The summed E-state index contributed by atoms with van der Waals surface area (Å²) in [6, 6.07) is 9.74. The lowest BCUT2D eigenvalue weighted by atomic mass is 10.2. The second-order valence-electron chi connectivity index (χ2n) is 3.43. The Morgan fingerprint density at radius 1 is 1.29 bits per heavy atom. The van der Waals surface area contributed by atoms with Gasteiger partial charge in [0.25, 0.3) is 0 Å². The molecule has 0 saturated carbocycles. The Morgan fingerprint density at radius 3 is 2.94 bits per heavy atom.